The summed E-state index contributed by atoms with van der Waals surface area (Å²) in [5, 5.41) is 9.41. The van der Waals surface area contributed by atoms with Crippen LogP contribution in [0.25, 0.3) is 0 Å². The van der Waals surface area contributed by atoms with E-state index in [1.54, 1.807) is 0 Å². The highest BCUT2D eigenvalue weighted by Crippen LogP contribution is 2.42. The van der Waals surface area contributed by atoms with Gasteiger partial charge in [-0.15, -0.1) is 5.10 Å². The molecule has 1 aliphatic carbocycles. The molecule has 272 valence electrons. The first-order valence-electron chi connectivity index (χ1n) is 18.5. The van der Waals surface area contributed by atoms with Crippen molar-refractivity contribution < 1.29 is 14.4 Å². The van der Waals surface area contributed by atoms with Crippen molar-refractivity contribution in [2.45, 2.75) is 97.7 Å². The second kappa shape index (κ2) is 14.4. The fourth-order valence-electron chi connectivity index (χ4n) is 8.47. The van der Waals surface area contributed by atoms with E-state index in [1.165, 1.54) is 0 Å². The van der Waals surface area contributed by atoms with E-state index >= 15 is 4.79 Å². The normalized spacial score (nSPS) is 26.4. The van der Waals surface area contributed by atoms with E-state index in [1.807, 2.05) is 73.9 Å². The fourth-order valence-corrected chi connectivity index (χ4v) is 8.60. The van der Waals surface area contributed by atoms with E-state index in [0.717, 1.165) is 55.8 Å². The average molecular weight is 706 g/mol. The molecule has 0 radical (unpaired) electrons. The molecule has 6 rings (SSSR count). The maximum absolute atomic E-state index is 15.1. The number of carbonyl (C=O) groups excluding carboxylic acids is 3. The Morgan fingerprint density at radius 2 is 1.52 bits per heavy atom. The number of likely N-dealkylation sites (tertiary alicyclic amines) is 1. The summed E-state index contributed by atoms with van der Waals surface area (Å²) in [5.41, 5.74) is 1.53. The van der Waals surface area contributed by atoms with Crippen LogP contribution in [0, 0.1) is 23.7 Å². The molecule has 50 heavy (non-hydrogen) atoms. The van der Waals surface area contributed by atoms with E-state index in [9.17, 15) is 9.59 Å². The van der Waals surface area contributed by atoms with Crippen LogP contribution >= 0.6 is 11.6 Å². The van der Waals surface area contributed by atoms with Crippen LogP contribution < -0.4 is 4.90 Å². The van der Waals surface area contributed by atoms with E-state index in [0.29, 0.717) is 44.2 Å². The van der Waals surface area contributed by atoms with Crippen molar-refractivity contribution >= 4 is 35.1 Å². The Labute approximate surface area is 303 Å². The molecule has 10 nitrogen and oxygen atoms in total. The Kier molecular flexibility index (Phi) is 10.5. The van der Waals surface area contributed by atoms with Crippen LogP contribution in [-0.4, -0.2) is 119 Å². The molecular weight excluding hydrogens is 650 g/mol. The number of carbonyl (C=O) groups is 3. The Bertz CT molecular complexity index is 1520. The Balaban J connectivity index is 1.35. The zero-order valence-electron chi connectivity index (χ0n) is 31.1. The number of rotatable bonds is 6. The van der Waals surface area contributed by atoms with Gasteiger partial charge in [0.1, 0.15) is 6.04 Å². The number of nitrogens with zero attached hydrogens (tertiary/aromatic N) is 7. The van der Waals surface area contributed by atoms with Gasteiger partial charge in [-0.1, -0.05) is 58.4 Å². The van der Waals surface area contributed by atoms with E-state index < -0.39 is 17.4 Å². The molecule has 0 N–H and O–H groups in total. The summed E-state index contributed by atoms with van der Waals surface area (Å²) in [5.74, 6) is 0.268. The second-order valence-corrected chi connectivity index (χ2v) is 17.5. The maximum atomic E-state index is 15.1. The van der Waals surface area contributed by atoms with Crippen molar-refractivity contribution in [2.24, 2.45) is 16.7 Å². The number of aryl methyl sites for hydroxylation is 1. The highest BCUT2D eigenvalue weighted by molar-refractivity contribution is 6.30. The van der Waals surface area contributed by atoms with E-state index in [2.05, 4.69) is 45.8 Å². The minimum atomic E-state index is -0.620. The van der Waals surface area contributed by atoms with Crippen LogP contribution in [0.1, 0.15) is 83.9 Å². The minimum absolute atomic E-state index is 0.00387. The van der Waals surface area contributed by atoms with E-state index in [4.69, 9.17) is 11.6 Å². The van der Waals surface area contributed by atoms with Crippen molar-refractivity contribution in [1.82, 2.24) is 29.8 Å². The summed E-state index contributed by atoms with van der Waals surface area (Å²) in [7, 11) is 2.08. The third-order valence-electron chi connectivity index (χ3n) is 11.7. The molecule has 4 heterocycles. The fraction of sp³-hybridized carbons (Fsp3) is 0.667. The van der Waals surface area contributed by atoms with Gasteiger partial charge in [0.25, 0.3) is 0 Å². The van der Waals surface area contributed by atoms with Crippen molar-refractivity contribution in [2.75, 3.05) is 57.8 Å². The maximum Gasteiger partial charge on any atom is 0.245 e. The van der Waals surface area contributed by atoms with Gasteiger partial charge < -0.3 is 24.5 Å². The lowest BCUT2D eigenvalue weighted by Gasteiger charge is -2.45. The zero-order chi connectivity index (χ0) is 36.0. The van der Waals surface area contributed by atoms with Crippen molar-refractivity contribution in [3.63, 3.8) is 0 Å². The number of halogens is 1. The van der Waals surface area contributed by atoms with Gasteiger partial charge in [-0.3, -0.25) is 14.4 Å². The number of likely N-dealkylation sites (N-methyl/N-ethyl adjacent to an activating group) is 1. The molecule has 4 atom stereocenters. The monoisotopic (exact) mass is 705 g/mol. The molecule has 3 amide bonds. The molecule has 1 aromatic heterocycles. The number of hydrogen-bond donors (Lipinski definition) is 0. The number of aromatic nitrogens is 2. The van der Waals surface area contributed by atoms with Gasteiger partial charge in [0, 0.05) is 68.2 Å². The summed E-state index contributed by atoms with van der Waals surface area (Å²) in [4.78, 5) is 54.3. The Morgan fingerprint density at radius 1 is 0.860 bits per heavy atom. The highest BCUT2D eigenvalue weighted by Gasteiger charge is 2.51. The number of anilines is 1. The van der Waals surface area contributed by atoms with Gasteiger partial charge >= 0.3 is 0 Å². The molecular formula is C39H56ClN7O3. The molecule has 2 aromatic rings. The second-order valence-electron chi connectivity index (χ2n) is 17.1. The molecule has 11 heteroatoms. The number of amides is 3. The van der Waals surface area contributed by atoms with Crippen LogP contribution in [0.15, 0.2) is 36.4 Å². The number of piperazine rings is 1. The van der Waals surface area contributed by atoms with Crippen molar-refractivity contribution in [3.8, 4) is 0 Å². The molecule has 3 aliphatic heterocycles. The average Bonchev–Trinajstić information content (AvgIpc) is 3.72. The summed E-state index contributed by atoms with van der Waals surface area (Å²) >= 11 is 6.30. The van der Waals surface area contributed by atoms with Gasteiger partial charge in [-0.2, -0.15) is 5.10 Å². The predicted octanol–water partition coefficient (Wildman–Crippen LogP) is 5.25. The number of hydrogen-bond acceptors (Lipinski definition) is 7. The van der Waals surface area contributed by atoms with Gasteiger partial charge in [0.2, 0.25) is 17.7 Å². The molecule has 4 fully saturated rings. The van der Waals surface area contributed by atoms with Crippen molar-refractivity contribution in [3.05, 3.63) is 52.7 Å². The summed E-state index contributed by atoms with van der Waals surface area (Å²) in [6.07, 6.45) is 4.43. The van der Waals surface area contributed by atoms with Gasteiger partial charge in [0.05, 0.1) is 17.7 Å². The largest absolute Gasteiger partial charge is 0.354 e. The van der Waals surface area contributed by atoms with E-state index in [-0.39, 0.29) is 41.1 Å². The third-order valence-corrected chi connectivity index (χ3v) is 11.9. The Hall–Kier alpha value is -3.24. The topological polar surface area (TPSA) is 93.2 Å². The molecule has 1 saturated carbocycles. The SMILES string of the molecule is Cc1ccc(N2C[C@@H](C(=O)N3C[C@@H](N(C(=O)C(C)(C)C)C4CCC(C)(C)CC4)C[C@H]3C(=O)N3CCN(C)CC3)[C@H](c3ccc(Cl)cc3)C2)nn1. The van der Waals surface area contributed by atoms with Crippen LogP contribution in [-0.2, 0) is 14.4 Å². The standard InChI is InChI=1S/C39H56ClN7O3/c1-26-8-13-34(42-41-26)45-24-31(27-9-11-28(40)12-10-27)32(25-45)35(48)46-23-30(22-33(46)36(49)44-20-18-43(7)19-21-44)47(37(50)38(2,3)4)29-14-16-39(5,6)17-15-29/h8-13,29-33H,14-25H2,1-7H3/t30-,31-,32+,33-/m0/s1. The first-order chi connectivity index (χ1) is 23.6. The molecule has 4 aliphatic rings. The summed E-state index contributed by atoms with van der Waals surface area (Å²) in [6, 6.07) is 10.9. The predicted molar refractivity (Wildman–Crippen MR) is 197 cm³/mol. The highest BCUT2D eigenvalue weighted by atomic mass is 35.5. The van der Waals surface area contributed by atoms with Gasteiger partial charge in [0.15, 0.2) is 5.82 Å². The quantitative estimate of drug-likeness (QED) is 0.406. The summed E-state index contributed by atoms with van der Waals surface area (Å²) < 4.78 is 0. The molecule has 0 unspecified atom stereocenters. The van der Waals surface area contributed by atoms with Crippen LogP contribution in [0.3, 0.4) is 0 Å². The lowest BCUT2D eigenvalue weighted by molar-refractivity contribution is -0.147. The molecule has 0 bridgehead atoms. The van der Waals surface area contributed by atoms with Crippen LogP contribution in [0.5, 0.6) is 0 Å². The van der Waals surface area contributed by atoms with Crippen LogP contribution in [0.4, 0.5) is 5.82 Å². The summed E-state index contributed by atoms with van der Waals surface area (Å²) in [6.45, 7) is 16.8. The van der Waals surface area contributed by atoms with Gasteiger partial charge in [-0.25, -0.2) is 0 Å². The number of benzene rings is 1. The molecule has 1 aromatic carbocycles. The lowest BCUT2D eigenvalue weighted by Crippen LogP contribution is -2.54. The molecule has 3 saturated heterocycles. The van der Waals surface area contributed by atoms with Crippen LogP contribution in [0.2, 0.25) is 5.02 Å². The van der Waals surface area contributed by atoms with Gasteiger partial charge in [-0.05, 0) is 81.3 Å². The third kappa shape index (κ3) is 7.81. The Morgan fingerprint density at radius 3 is 2.12 bits per heavy atom. The smallest absolute Gasteiger partial charge is 0.245 e. The lowest BCUT2D eigenvalue weighted by atomic mass is 9.74. The first-order valence-corrected chi connectivity index (χ1v) is 18.9. The first kappa shape index (κ1) is 36.5. The zero-order valence-corrected chi connectivity index (χ0v) is 31.8. The molecule has 0 spiro atoms. The minimum Gasteiger partial charge on any atom is -0.354 e. The van der Waals surface area contributed by atoms with Crippen molar-refractivity contribution in [1.29, 1.82) is 0 Å².